The van der Waals surface area contributed by atoms with Crippen molar-refractivity contribution in [3.05, 3.63) is 23.5 Å². The van der Waals surface area contributed by atoms with Crippen molar-refractivity contribution < 1.29 is 4.79 Å². The maximum absolute atomic E-state index is 11.7. The van der Waals surface area contributed by atoms with Crippen LogP contribution in [0.2, 0.25) is 0 Å². The molecule has 0 aliphatic carbocycles. The Morgan fingerprint density at radius 1 is 1.24 bits per heavy atom. The lowest BCUT2D eigenvalue weighted by atomic mass is 10.2. The molecule has 0 aliphatic heterocycles. The van der Waals surface area contributed by atoms with E-state index < -0.39 is 0 Å². The third kappa shape index (κ3) is 4.76. The number of hydrogen-bond donors (Lipinski definition) is 0. The molecule has 0 heterocycles. The minimum atomic E-state index is -0.114. The number of aliphatic imine (C=N–C) groups is 2. The number of hydrogen-bond acceptors (Lipinski definition) is 3. The van der Waals surface area contributed by atoms with Crippen LogP contribution in [0.5, 0.6) is 0 Å². The Kier molecular flexibility index (Phi) is 6.10. The van der Waals surface area contributed by atoms with Gasteiger partial charge in [0.25, 0.3) is 5.91 Å². The molecular weight excluding hydrogens is 214 g/mol. The van der Waals surface area contributed by atoms with E-state index in [1.54, 1.807) is 27.2 Å². The standard InChI is InChI=1S/C13H21N3O/c1-8-14-10(4)12(9(2)3)15-11(5)13(17)16(6)7/h8H,2H2,1,3-7H3/b12-10+,14-8?,15-11?. The Labute approximate surface area is 103 Å². The van der Waals surface area contributed by atoms with Crippen molar-refractivity contribution >= 4 is 17.8 Å². The summed E-state index contributed by atoms with van der Waals surface area (Å²) in [4.78, 5) is 21.7. The minimum Gasteiger partial charge on any atom is -0.344 e. The number of amides is 1. The van der Waals surface area contributed by atoms with Crippen molar-refractivity contribution in [3.8, 4) is 0 Å². The van der Waals surface area contributed by atoms with Gasteiger partial charge in [0.15, 0.2) is 0 Å². The first-order valence-electron chi connectivity index (χ1n) is 5.43. The molecule has 0 saturated heterocycles. The van der Waals surface area contributed by atoms with E-state index >= 15 is 0 Å². The highest BCUT2D eigenvalue weighted by molar-refractivity contribution is 6.37. The van der Waals surface area contributed by atoms with Gasteiger partial charge in [-0.15, -0.1) is 0 Å². The highest BCUT2D eigenvalue weighted by Crippen LogP contribution is 2.15. The first-order valence-corrected chi connectivity index (χ1v) is 5.43. The second-order valence-electron chi connectivity index (χ2n) is 4.00. The van der Waals surface area contributed by atoms with Gasteiger partial charge in [-0.2, -0.15) is 0 Å². The lowest BCUT2D eigenvalue weighted by Gasteiger charge is -2.11. The van der Waals surface area contributed by atoms with E-state index in [-0.39, 0.29) is 5.91 Å². The fourth-order valence-electron chi connectivity index (χ4n) is 1.28. The minimum absolute atomic E-state index is 0.114. The number of nitrogens with zero attached hydrogens (tertiary/aromatic N) is 3. The van der Waals surface area contributed by atoms with Crippen LogP contribution in [0.25, 0.3) is 0 Å². The predicted molar refractivity (Wildman–Crippen MR) is 73.5 cm³/mol. The zero-order valence-electron chi connectivity index (χ0n) is 11.5. The quantitative estimate of drug-likeness (QED) is 0.545. The average molecular weight is 235 g/mol. The predicted octanol–water partition coefficient (Wildman–Crippen LogP) is 2.43. The van der Waals surface area contributed by atoms with Gasteiger partial charge >= 0.3 is 0 Å². The molecule has 0 fully saturated rings. The van der Waals surface area contributed by atoms with Crippen LogP contribution < -0.4 is 0 Å². The van der Waals surface area contributed by atoms with Gasteiger partial charge in [-0.25, -0.2) is 4.99 Å². The topological polar surface area (TPSA) is 45.0 Å². The molecule has 94 valence electrons. The van der Waals surface area contributed by atoms with Crippen LogP contribution in [-0.4, -0.2) is 36.8 Å². The van der Waals surface area contributed by atoms with Crippen LogP contribution in [0, 0.1) is 0 Å². The van der Waals surface area contributed by atoms with Crippen molar-refractivity contribution in [1.29, 1.82) is 0 Å². The monoisotopic (exact) mass is 235 g/mol. The average Bonchev–Trinajstić information content (AvgIpc) is 2.23. The molecule has 0 atom stereocenters. The molecule has 0 spiro atoms. The molecule has 0 N–H and O–H groups in total. The van der Waals surface area contributed by atoms with E-state index in [0.29, 0.717) is 11.4 Å². The molecule has 0 aromatic heterocycles. The number of rotatable bonds is 4. The van der Waals surface area contributed by atoms with Gasteiger partial charge in [-0.05, 0) is 33.3 Å². The molecule has 1 amide bonds. The van der Waals surface area contributed by atoms with E-state index in [1.165, 1.54) is 4.90 Å². The number of allylic oxidation sites excluding steroid dienone is 2. The summed E-state index contributed by atoms with van der Waals surface area (Å²) in [7, 11) is 3.39. The van der Waals surface area contributed by atoms with Crippen molar-refractivity contribution in [3.63, 3.8) is 0 Å². The van der Waals surface area contributed by atoms with E-state index in [9.17, 15) is 4.79 Å². The van der Waals surface area contributed by atoms with Gasteiger partial charge in [0.05, 0.1) is 11.4 Å². The number of carbonyl (C=O) groups excluding carboxylic acids is 1. The van der Waals surface area contributed by atoms with Gasteiger partial charge in [0, 0.05) is 20.3 Å². The molecule has 0 aliphatic rings. The fourth-order valence-corrected chi connectivity index (χ4v) is 1.28. The Bertz CT molecular complexity index is 401. The van der Waals surface area contributed by atoms with Crippen LogP contribution in [0.4, 0.5) is 0 Å². The molecule has 4 heteroatoms. The zero-order chi connectivity index (χ0) is 13.6. The van der Waals surface area contributed by atoms with Crippen LogP contribution in [0.15, 0.2) is 33.5 Å². The molecule has 17 heavy (non-hydrogen) atoms. The Morgan fingerprint density at radius 3 is 2.12 bits per heavy atom. The molecule has 0 radical (unpaired) electrons. The van der Waals surface area contributed by atoms with Crippen molar-refractivity contribution in [1.82, 2.24) is 4.90 Å². The lowest BCUT2D eigenvalue weighted by molar-refractivity contribution is -0.121. The van der Waals surface area contributed by atoms with Crippen LogP contribution in [-0.2, 0) is 4.79 Å². The van der Waals surface area contributed by atoms with Crippen molar-refractivity contribution in [2.24, 2.45) is 9.98 Å². The molecule has 0 aromatic carbocycles. The SMILES string of the molecule is C=C(C)/C(N=C(C)C(=O)N(C)C)=C(/C)N=CC. The summed E-state index contributed by atoms with van der Waals surface area (Å²) in [6.07, 6.45) is 1.69. The Hall–Kier alpha value is -1.71. The van der Waals surface area contributed by atoms with Gasteiger partial charge in [0.1, 0.15) is 5.71 Å². The maximum Gasteiger partial charge on any atom is 0.267 e. The van der Waals surface area contributed by atoms with E-state index in [2.05, 4.69) is 16.6 Å². The third-order valence-corrected chi connectivity index (χ3v) is 2.06. The summed E-state index contributed by atoms with van der Waals surface area (Å²) in [6, 6.07) is 0. The van der Waals surface area contributed by atoms with Crippen molar-refractivity contribution in [2.45, 2.75) is 27.7 Å². The van der Waals surface area contributed by atoms with Crippen LogP contribution in [0.3, 0.4) is 0 Å². The highest BCUT2D eigenvalue weighted by atomic mass is 16.2. The summed E-state index contributed by atoms with van der Waals surface area (Å²) in [5.74, 6) is -0.114. The van der Waals surface area contributed by atoms with Crippen LogP contribution in [0.1, 0.15) is 27.7 Å². The first-order chi connectivity index (χ1) is 7.81. The van der Waals surface area contributed by atoms with E-state index in [0.717, 1.165) is 11.3 Å². The summed E-state index contributed by atoms with van der Waals surface area (Å²) >= 11 is 0. The molecular formula is C13H21N3O. The Morgan fingerprint density at radius 2 is 1.76 bits per heavy atom. The van der Waals surface area contributed by atoms with Gasteiger partial charge < -0.3 is 4.90 Å². The summed E-state index contributed by atoms with van der Waals surface area (Å²) in [6.45, 7) is 11.1. The molecule has 0 rings (SSSR count). The van der Waals surface area contributed by atoms with Gasteiger partial charge in [-0.3, -0.25) is 9.79 Å². The van der Waals surface area contributed by atoms with Crippen LogP contribution >= 0.6 is 0 Å². The molecule has 4 nitrogen and oxygen atoms in total. The molecule has 0 saturated carbocycles. The normalized spacial score (nSPS) is 13.6. The van der Waals surface area contributed by atoms with Gasteiger partial charge in [0.2, 0.25) is 0 Å². The fraction of sp³-hybridized carbons (Fsp3) is 0.462. The first kappa shape index (κ1) is 15.3. The zero-order valence-corrected chi connectivity index (χ0v) is 11.5. The van der Waals surface area contributed by atoms with Crippen molar-refractivity contribution in [2.75, 3.05) is 14.1 Å². The Balaban J connectivity index is 5.42. The maximum atomic E-state index is 11.7. The summed E-state index contributed by atoms with van der Waals surface area (Å²) < 4.78 is 0. The van der Waals surface area contributed by atoms with Gasteiger partial charge in [-0.1, -0.05) is 6.58 Å². The molecule has 0 aromatic rings. The smallest absolute Gasteiger partial charge is 0.267 e. The summed E-state index contributed by atoms with van der Waals surface area (Å²) in [5.41, 5.74) is 2.64. The highest BCUT2D eigenvalue weighted by Gasteiger charge is 2.10. The largest absolute Gasteiger partial charge is 0.344 e. The summed E-state index contributed by atoms with van der Waals surface area (Å²) in [5, 5.41) is 0. The second kappa shape index (κ2) is 6.78. The second-order valence-corrected chi connectivity index (χ2v) is 4.00. The van der Waals surface area contributed by atoms with E-state index in [1.807, 2.05) is 20.8 Å². The molecule has 0 bridgehead atoms. The molecule has 0 unspecified atom stereocenters. The number of carbonyl (C=O) groups is 1. The lowest BCUT2D eigenvalue weighted by Crippen LogP contribution is -2.28. The third-order valence-electron chi connectivity index (χ3n) is 2.06. The van der Waals surface area contributed by atoms with E-state index in [4.69, 9.17) is 0 Å².